The Hall–Kier alpha value is -1.33. The molecule has 3 heterocycles. The lowest BCUT2D eigenvalue weighted by Gasteiger charge is -2.26. The maximum Gasteiger partial charge on any atom is 0.285 e. The molecule has 0 radical (unpaired) electrons. The third-order valence-corrected chi connectivity index (χ3v) is 4.55. The van der Waals surface area contributed by atoms with E-state index in [0.29, 0.717) is 6.04 Å². The Labute approximate surface area is 113 Å². The molecule has 0 spiro atoms. The van der Waals surface area contributed by atoms with Crippen LogP contribution in [0.3, 0.4) is 0 Å². The molecule has 6 heteroatoms. The molecule has 94 valence electrons. The molecule has 4 nitrogen and oxygen atoms in total. The van der Waals surface area contributed by atoms with E-state index < -0.39 is 0 Å². The highest BCUT2D eigenvalue weighted by Gasteiger charge is 2.29. The number of aromatic nitrogens is 2. The van der Waals surface area contributed by atoms with Gasteiger partial charge in [0.25, 0.3) is 5.56 Å². The Morgan fingerprint density at radius 2 is 2.44 bits per heavy atom. The van der Waals surface area contributed by atoms with Crippen molar-refractivity contribution in [3.63, 3.8) is 0 Å². The first kappa shape index (κ1) is 11.7. The normalized spacial score (nSPS) is 19.4. The van der Waals surface area contributed by atoms with Gasteiger partial charge in [-0.05, 0) is 24.3 Å². The summed E-state index contributed by atoms with van der Waals surface area (Å²) in [5.41, 5.74) is 0.405. The third-order valence-electron chi connectivity index (χ3n) is 3.21. The minimum Gasteiger partial charge on any atom is -0.361 e. The molecule has 1 aliphatic rings. The lowest BCUT2D eigenvalue weighted by molar-refractivity contribution is 0.729. The van der Waals surface area contributed by atoms with E-state index in [1.54, 1.807) is 17.5 Å². The molecule has 1 aliphatic heterocycles. The second kappa shape index (κ2) is 4.74. The minimum atomic E-state index is -0.328. The minimum absolute atomic E-state index is 0.230. The molecular weight excluding hydrogens is 270 g/mol. The third kappa shape index (κ3) is 1.93. The Morgan fingerprint density at radius 1 is 1.56 bits per heavy atom. The van der Waals surface area contributed by atoms with Crippen LogP contribution in [0.4, 0.5) is 5.69 Å². The van der Waals surface area contributed by atoms with E-state index >= 15 is 0 Å². The quantitative estimate of drug-likeness (QED) is 0.921. The van der Waals surface area contributed by atoms with Gasteiger partial charge in [-0.25, -0.2) is 5.10 Å². The second-order valence-corrected chi connectivity index (χ2v) is 5.62. The molecule has 2 aromatic rings. The fraction of sp³-hybridized carbons (Fsp3) is 0.333. The fourth-order valence-electron chi connectivity index (χ4n) is 2.41. The van der Waals surface area contributed by atoms with Gasteiger partial charge >= 0.3 is 0 Å². The highest BCUT2D eigenvalue weighted by molar-refractivity contribution is 7.10. The molecule has 2 aromatic heterocycles. The van der Waals surface area contributed by atoms with Gasteiger partial charge in [-0.15, -0.1) is 11.3 Å². The van der Waals surface area contributed by atoms with Gasteiger partial charge in [-0.3, -0.25) is 4.79 Å². The highest BCUT2D eigenvalue weighted by atomic mass is 35.5. The van der Waals surface area contributed by atoms with Gasteiger partial charge in [0.2, 0.25) is 0 Å². The number of anilines is 1. The van der Waals surface area contributed by atoms with Crippen LogP contribution in [0.15, 0.2) is 28.5 Å². The smallest absolute Gasteiger partial charge is 0.285 e. The number of nitrogens with zero attached hydrogens (tertiary/aromatic N) is 2. The zero-order valence-corrected chi connectivity index (χ0v) is 11.2. The number of rotatable bonds is 2. The van der Waals surface area contributed by atoms with Gasteiger partial charge in [0.1, 0.15) is 5.02 Å². The lowest BCUT2D eigenvalue weighted by Crippen LogP contribution is -2.25. The number of halogens is 1. The molecule has 1 unspecified atom stereocenters. The van der Waals surface area contributed by atoms with Crippen LogP contribution in [-0.4, -0.2) is 16.7 Å². The molecule has 1 N–H and O–H groups in total. The average Bonchev–Trinajstić information content (AvgIpc) is 3.01. The van der Waals surface area contributed by atoms with Crippen molar-refractivity contribution in [2.75, 3.05) is 11.4 Å². The Bertz CT molecular complexity index is 596. The average molecular weight is 282 g/mol. The Kier molecular flexibility index (Phi) is 3.09. The molecule has 1 fully saturated rings. The van der Waals surface area contributed by atoms with Crippen LogP contribution in [0.5, 0.6) is 0 Å². The van der Waals surface area contributed by atoms with Crippen molar-refractivity contribution < 1.29 is 0 Å². The fourth-order valence-corrected chi connectivity index (χ4v) is 3.48. The SMILES string of the molecule is O=c1[nH]ncc(N2CCCC2c2cccs2)c1Cl. The van der Waals surface area contributed by atoms with Crippen LogP contribution in [-0.2, 0) is 0 Å². The lowest BCUT2D eigenvalue weighted by atomic mass is 10.2. The van der Waals surface area contributed by atoms with Gasteiger partial charge in [-0.1, -0.05) is 17.7 Å². The molecule has 1 atom stereocenters. The zero-order chi connectivity index (χ0) is 12.5. The summed E-state index contributed by atoms with van der Waals surface area (Å²) in [7, 11) is 0. The monoisotopic (exact) mass is 281 g/mol. The standard InChI is InChI=1S/C12H12ClN3OS/c13-11-9(7-14-15-12(11)17)16-5-1-3-8(16)10-4-2-6-18-10/h2,4,6-8H,1,3,5H2,(H,15,17). The summed E-state index contributed by atoms with van der Waals surface area (Å²) in [6.45, 7) is 0.910. The molecule has 0 amide bonds. The maximum absolute atomic E-state index is 11.5. The van der Waals surface area contributed by atoms with Gasteiger partial charge in [-0.2, -0.15) is 5.10 Å². The number of hydrogen-bond acceptors (Lipinski definition) is 4. The largest absolute Gasteiger partial charge is 0.361 e. The summed E-state index contributed by atoms with van der Waals surface area (Å²) in [6, 6.07) is 4.49. The van der Waals surface area contributed by atoms with Crippen molar-refractivity contribution >= 4 is 28.6 Å². The molecule has 3 rings (SSSR count). The zero-order valence-electron chi connectivity index (χ0n) is 9.60. The summed E-state index contributed by atoms with van der Waals surface area (Å²) in [5, 5.41) is 8.50. The predicted octanol–water partition coefficient (Wildman–Crippen LogP) is 2.83. The van der Waals surface area contributed by atoms with Crippen LogP contribution < -0.4 is 10.5 Å². The van der Waals surface area contributed by atoms with Crippen molar-refractivity contribution in [1.82, 2.24) is 10.2 Å². The van der Waals surface area contributed by atoms with Crippen LogP contribution in [0, 0.1) is 0 Å². The number of H-pyrrole nitrogens is 1. The van der Waals surface area contributed by atoms with Crippen molar-refractivity contribution in [2.24, 2.45) is 0 Å². The van der Waals surface area contributed by atoms with E-state index in [1.807, 2.05) is 6.07 Å². The molecule has 1 saturated heterocycles. The van der Waals surface area contributed by atoms with Crippen LogP contribution in [0.2, 0.25) is 5.02 Å². The summed E-state index contributed by atoms with van der Waals surface area (Å²) in [6.07, 6.45) is 3.82. The highest BCUT2D eigenvalue weighted by Crippen LogP contribution is 2.39. The summed E-state index contributed by atoms with van der Waals surface area (Å²) < 4.78 is 0. The van der Waals surface area contributed by atoms with Gasteiger partial charge in [0.15, 0.2) is 0 Å². The predicted molar refractivity (Wildman–Crippen MR) is 73.5 cm³/mol. The maximum atomic E-state index is 11.5. The Balaban J connectivity index is 2.00. The van der Waals surface area contributed by atoms with Crippen LogP contribution >= 0.6 is 22.9 Å². The second-order valence-electron chi connectivity index (χ2n) is 4.27. The summed E-state index contributed by atoms with van der Waals surface area (Å²) in [4.78, 5) is 15.0. The van der Waals surface area contributed by atoms with E-state index in [0.717, 1.165) is 25.1 Å². The number of thiophene rings is 1. The van der Waals surface area contributed by atoms with Crippen LogP contribution in [0.25, 0.3) is 0 Å². The van der Waals surface area contributed by atoms with Crippen molar-refractivity contribution in [2.45, 2.75) is 18.9 Å². The first-order valence-electron chi connectivity index (χ1n) is 5.80. The molecular formula is C12H12ClN3OS. The van der Waals surface area contributed by atoms with Crippen molar-refractivity contribution in [3.8, 4) is 0 Å². The number of nitrogens with one attached hydrogen (secondary N) is 1. The molecule has 0 bridgehead atoms. The van der Waals surface area contributed by atoms with Crippen molar-refractivity contribution in [3.05, 3.63) is 44.0 Å². The Morgan fingerprint density at radius 3 is 3.22 bits per heavy atom. The van der Waals surface area contributed by atoms with E-state index in [-0.39, 0.29) is 10.6 Å². The van der Waals surface area contributed by atoms with E-state index in [2.05, 4.69) is 26.5 Å². The number of hydrogen-bond donors (Lipinski definition) is 1. The van der Waals surface area contributed by atoms with E-state index in [1.165, 1.54) is 4.88 Å². The molecule has 18 heavy (non-hydrogen) atoms. The molecule has 0 aromatic carbocycles. The van der Waals surface area contributed by atoms with Crippen molar-refractivity contribution in [1.29, 1.82) is 0 Å². The van der Waals surface area contributed by atoms with Crippen LogP contribution in [0.1, 0.15) is 23.8 Å². The van der Waals surface area contributed by atoms with E-state index in [9.17, 15) is 4.79 Å². The number of aromatic amines is 1. The molecule has 0 saturated carbocycles. The first-order valence-corrected chi connectivity index (χ1v) is 7.06. The first-order chi connectivity index (χ1) is 8.77. The van der Waals surface area contributed by atoms with Gasteiger partial charge < -0.3 is 4.90 Å². The molecule has 0 aliphatic carbocycles. The van der Waals surface area contributed by atoms with Gasteiger partial charge in [0.05, 0.1) is 17.9 Å². The summed E-state index contributed by atoms with van der Waals surface area (Å²) >= 11 is 7.82. The van der Waals surface area contributed by atoms with Gasteiger partial charge in [0, 0.05) is 11.4 Å². The summed E-state index contributed by atoms with van der Waals surface area (Å²) in [5.74, 6) is 0. The topological polar surface area (TPSA) is 49.0 Å². The van der Waals surface area contributed by atoms with E-state index in [4.69, 9.17) is 11.6 Å².